The third kappa shape index (κ3) is 4.05. The van der Waals surface area contributed by atoms with E-state index in [0.717, 1.165) is 0 Å². The third-order valence-corrected chi connectivity index (χ3v) is 3.45. The van der Waals surface area contributed by atoms with Crippen LogP contribution in [0.3, 0.4) is 0 Å². The van der Waals surface area contributed by atoms with Crippen molar-refractivity contribution in [1.29, 1.82) is 0 Å². The van der Waals surface area contributed by atoms with Crippen LogP contribution in [0, 0.1) is 11.8 Å². The van der Waals surface area contributed by atoms with Crippen LogP contribution in [0.2, 0.25) is 0 Å². The number of nitrogens with one attached hydrogen (secondary N) is 1. The molecule has 0 bridgehead atoms. The smallest absolute Gasteiger partial charge is 0.267 e. The van der Waals surface area contributed by atoms with Crippen molar-refractivity contribution in [2.24, 2.45) is 0 Å². The summed E-state index contributed by atoms with van der Waals surface area (Å²) in [5, 5.41) is 13.3. The minimum atomic E-state index is -0.231. The molecule has 0 aliphatic heterocycles. The molecule has 2 rings (SSSR count). The molecule has 2 N–H and O–H groups in total. The van der Waals surface area contributed by atoms with Gasteiger partial charge in [-0.2, -0.15) is 0 Å². The Hall–Kier alpha value is -2.36. The van der Waals surface area contributed by atoms with E-state index in [4.69, 9.17) is 9.84 Å². The van der Waals surface area contributed by atoms with Gasteiger partial charge in [-0.25, -0.2) is 4.98 Å². The summed E-state index contributed by atoms with van der Waals surface area (Å²) in [5.74, 6) is 5.95. The number of aliphatic hydroxyl groups is 1. The van der Waals surface area contributed by atoms with Crippen molar-refractivity contribution in [2.45, 2.75) is 6.42 Å². The van der Waals surface area contributed by atoms with Crippen LogP contribution in [-0.2, 0) is 0 Å². The summed E-state index contributed by atoms with van der Waals surface area (Å²) < 4.78 is 4.96. The van der Waals surface area contributed by atoms with E-state index >= 15 is 0 Å². The highest BCUT2D eigenvalue weighted by molar-refractivity contribution is 7.12. The molecule has 2 aromatic heterocycles. The molecule has 0 aliphatic carbocycles. The second-order valence-corrected chi connectivity index (χ2v) is 4.90. The minimum Gasteiger partial charge on any atom is -0.481 e. The Morgan fingerprint density at radius 2 is 2.33 bits per heavy atom. The second-order valence-electron chi connectivity index (χ2n) is 3.98. The van der Waals surface area contributed by atoms with Gasteiger partial charge in [0.25, 0.3) is 5.91 Å². The molecule has 0 radical (unpaired) electrons. The number of thiophene rings is 1. The molecule has 6 heteroatoms. The van der Waals surface area contributed by atoms with Crippen LogP contribution in [-0.4, -0.2) is 29.7 Å². The molecule has 2 aromatic rings. The lowest BCUT2D eigenvalue weighted by Crippen LogP contribution is -2.11. The fourth-order valence-corrected chi connectivity index (χ4v) is 2.30. The predicted octanol–water partition coefficient (Wildman–Crippen LogP) is 2.14. The van der Waals surface area contributed by atoms with Gasteiger partial charge < -0.3 is 15.2 Å². The number of amides is 1. The van der Waals surface area contributed by atoms with Gasteiger partial charge in [-0.15, -0.1) is 11.3 Å². The summed E-state index contributed by atoms with van der Waals surface area (Å²) in [5.41, 5.74) is 1.25. The zero-order chi connectivity index (χ0) is 15.1. The van der Waals surface area contributed by atoms with E-state index in [1.165, 1.54) is 24.6 Å². The maximum atomic E-state index is 12.2. The SMILES string of the molecule is COc1ccc(NC(=O)c2sccc2C#CCCO)cn1. The van der Waals surface area contributed by atoms with E-state index in [0.29, 0.717) is 28.4 Å². The van der Waals surface area contributed by atoms with E-state index in [1.807, 2.05) is 5.38 Å². The molecule has 1 amide bonds. The standard InChI is InChI=1S/C15H14N2O3S/c1-20-13-6-5-12(10-16-13)17-15(19)14-11(7-9-21-14)4-2-3-8-18/h5-7,9-10,18H,3,8H2,1H3,(H,17,19). The number of anilines is 1. The molecule has 0 aliphatic rings. The molecule has 2 heterocycles. The van der Waals surface area contributed by atoms with E-state index in [-0.39, 0.29) is 12.5 Å². The number of carbonyl (C=O) groups is 1. The highest BCUT2D eigenvalue weighted by Gasteiger charge is 2.12. The van der Waals surface area contributed by atoms with E-state index < -0.39 is 0 Å². The lowest BCUT2D eigenvalue weighted by Gasteiger charge is -2.04. The Balaban J connectivity index is 2.10. The van der Waals surface area contributed by atoms with Crippen LogP contribution >= 0.6 is 11.3 Å². The second kappa shape index (κ2) is 7.43. The Kier molecular flexibility index (Phi) is 5.32. The first kappa shape index (κ1) is 15.0. The predicted molar refractivity (Wildman–Crippen MR) is 81.6 cm³/mol. The zero-order valence-electron chi connectivity index (χ0n) is 11.4. The van der Waals surface area contributed by atoms with Gasteiger partial charge in [-0.05, 0) is 17.5 Å². The highest BCUT2D eigenvalue weighted by Crippen LogP contribution is 2.18. The maximum Gasteiger partial charge on any atom is 0.267 e. The third-order valence-electron chi connectivity index (χ3n) is 2.53. The monoisotopic (exact) mass is 302 g/mol. The molecule has 0 saturated heterocycles. The van der Waals surface area contributed by atoms with Crippen LogP contribution in [0.5, 0.6) is 5.88 Å². The first-order valence-electron chi connectivity index (χ1n) is 6.23. The molecular formula is C15H14N2O3S. The van der Waals surface area contributed by atoms with Gasteiger partial charge in [-0.1, -0.05) is 11.8 Å². The van der Waals surface area contributed by atoms with E-state index in [2.05, 4.69) is 22.1 Å². The van der Waals surface area contributed by atoms with Gasteiger partial charge in [0.15, 0.2) is 0 Å². The van der Waals surface area contributed by atoms with Crippen LogP contribution in [0.4, 0.5) is 5.69 Å². The van der Waals surface area contributed by atoms with Crippen LogP contribution in [0.15, 0.2) is 29.8 Å². The van der Waals surface area contributed by atoms with Gasteiger partial charge in [0, 0.05) is 18.1 Å². The van der Waals surface area contributed by atoms with Crippen molar-refractivity contribution >= 4 is 22.9 Å². The molecule has 0 atom stereocenters. The largest absolute Gasteiger partial charge is 0.481 e. The molecule has 0 saturated carbocycles. The molecule has 108 valence electrons. The van der Waals surface area contributed by atoms with Crippen molar-refractivity contribution in [3.8, 4) is 17.7 Å². The fourth-order valence-electron chi connectivity index (χ4n) is 1.56. The average Bonchev–Trinajstić information content (AvgIpc) is 2.97. The molecule has 0 aromatic carbocycles. The van der Waals surface area contributed by atoms with Crippen molar-refractivity contribution in [3.05, 3.63) is 40.2 Å². The van der Waals surface area contributed by atoms with E-state index in [1.54, 1.807) is 18.2 Å². The molecule has 0 unspecified atom stereocenters. The van der Waals surface area contributed by atoms with Gasteiger partial charge in [-0.3, -0.25) is 4.79 Å². The Bertz CT molecular complexity index is 668. The summed E-state index contributed by atoms with van der Waals surface area (Å²) >= 11 is 1.32. The summed E-state index contributed by atoms with van der Waals surface area (Å²) in [7, 11) is 1.53. The fraction of sp³-hybridized carbons (Fsp3) is 0.200. The number of aromatic nitrogens is 1. The summed E-state index contributed by atoms with van der Waals surface area (Å²) in [6.45, 7) is 0.0101. The molecule has 0 spiro atoms. The minimum absolute atomic E-state index is 0.0101. The van der Waals surface area contributed by atoms with Gasteiger partial charge in [0.05, 0.1) is 25.6 Å². The first-order chi connectivity index (χ1) is 10.2. The number of hydrogen-bond acceptors (Lipinski definition) is 5. The number of carbonyl (C=O) groups excluding carboxylic acids is 1. The van der Waals surface area contributed by atoms with Crippen LogP contribution in [0.25, 0.3) is 0 Å². The average molecular weight is 302 g/mol. The number of hydrogen-bond donors (Lipinski definition) is 2. The summed E-state index contributed by atoms with van der Waals surface area (Å²) in [6, 6.07) is 5.18. The van der Waals surface area contributed by atoms with Crippen molar-refractivity contribution < 1.29 is 14.6 Å². The molecule has 5 nitrogen and oxygen atoms in total. The Morgan fingerprint density at radius 1 is 1.48 bits per heavy atom. The molecular weight excluding hydrogens is 288 g/mol. The molecule has 21 heavy (non-hydrogen) atoms. The van der Waals surface area contributed by atoms with Gasteiger partial charge >= 0.3 is 0 Å². The molecule has 0 fully saturated rings. The van der Waals surface area contributed by atoms with Crippen molar-refractivity contribution in [3.63, 3.8) is 0 Å². The highest BCUT2D eigenvalue weighted by atomic mass is 32.1. The van der Waals surface area contributed by atoms with Gasteiger partial charge in [0.2, 0.25) is 5.88 Å². The van der Waals surface area contributed by atoms with Crippen molar-refractivity contribution in [1.82, 2.24) is 4.98 Å². The number of aliphatic hydroxyl groups excluding tert-OH is 1. The topological polar surface area (TPSA) is 71.5 Å². The number of nitrogens with zero attached hydrogens (tertiary/aromatic N) is 1. The first-order valence-corrected chi connectivity index (χ1v) is 7.11. The van der Waals surface area contributed by atoms with E-state index in [9.17, 15) is 4.79 Å². The van der Waals surface area contributed by atoms with Crippen LogP contribution in [0.1, 0.15) is 21.7 Å². The lowest BCUT2D eigenvalue weighted by atomic mass is 10.2. The quantitative estimate of drug-likeness (QED) is 0.849. The van der Waals surface area contributed by atoms with Crippen molar-refractivity contribution in [2.75, 3.05) is 19.0 Å². The zero-order valence-corrected chi connectivity index (χ0v) is 12.2. The Labute approximate surface area is 126 Å². The van der Waals surface area contributed by atoms with Crippen LogP contribution < -0.4 is 10.1 Å². The summed E-state index contributed by atoms with van der Waals surface area (Å²) in [4.78, 5) is 16.8. The Morgan fingerprint density at radius 3 is 3.00 bits per heavy atom. The lowest BCUT2D eigenvalue weighted by molar-refractivity contribution is 0.103. The van der Waals surface area contributed by atoms with Gasteiger partial charge in [0.1, 0.15) is 4.88 Å². The maximum absolute atomic E-state index is 12.2. The normalized spacial score (nSPS) is 9.62. The number of pyridine rings is 1. The number of ether oxygens (including phenoxy) is 1. The number of rotatable bonds is 4. The number of methoxy groups -OCH3 is 1. The summed E-state index contributed by atoms with van der Waals surface area (Å²) in [6.07, 6.45) is 1.92.